The van der Waals surface area contributed by atoms with Gasteiger partial charge in [-0.05, 0) is 30.4 Å². The molecule has 0 aliphatic carbocycles. The number of thiocarbonyl (C=S) groups is 1. The van der Waals surface area contributed by atoms with Gasteiger partial charge in [0.25, 0.3) is 0 Å². The van der Waals surface area contributed by atoms with Crippen LogP contribution in [0.4, 0.5) is 0 Å². The quantitative estimate of drug-likeness (QED) is 0.760. The number of hydrogen-bond acceptors (Lipinski definition) is 2. The van der Waals surface area contributed by atoms with Crippen LogP contribution in [0.25, 0.3) is 0 Å². The average molecular weight is 317 g/mol. The molecule has 0 spiro atoms. The van der Waals surface area contributed by atoms with E-state index in [0.29, 0.717) is 11.6 Å². The van der Waals surface area contributed by atoms with Crippen LogP contribution in [0, 0.1) is 0 Å². The molecule has 0 unspecified atom stereocenters. The highest BCUT2D eigenvalue weighted by Gasteiger charge is 2.10. The van der Waals surface area contributed by atoms with E-state index in [2.05, 4.69) is 19.4 Å². The lowest BCUT2D eigenvalue weighted by molar-refractivity contribution is -0.856. The molecule has 0 radical (unpaired) electrons. The van der Waals surface area contributed by atoms with Gasteiger partial charge in [0.2, 0.25) is 0 Å². The zero-order valence-corrected chi connectivity index (χ0v) is 14.1. The monoisotopic (exact) mass is 316 g/mol. The predicted octanol–water partition coefficient (Wildman–Crippen LogP) is 0.799. The second-order valence-electron chi connectivity index (χ2n) is 5.00. The summed E-state index contributed by atoms with van der Waals surface area (Å²) in [5.41, 5.74) is 1.02. The molecule has 0 aliphatic heterocycles. The van der Waals surface area contributed by atoms with Crippen LogP contribution in [-0.2, 0) is 6.54 Å². The molecule has 0 amide bonds. The number of likely N-dealkylation sites (N-methyl/N-ethyl adjacent to an activating group) is 1. The van der Waals surface area contributed by atoms with Crippen LogP contribution >= 0.6 is 23.8 Å². The third-order valence-electron chi connectivity index (χ3n) is 2.90. The lowest BCUT2D eigenvalue weighted by Gasteiger charge is -2.22. The summed E-state index contributed by atoms with van der Waals surface area (Å²) in [6, 6.07) is 5.60. The van der Waals surface area contributed by atoms with E-state index in [9.17, 15) is 0 Å². The number of ether oxygens (including phenoxy) is 1. The Kier molecular flexibility index (Phi) is 7.05. The largest absolute Gasteiger partial charge is 0.496 e. The number of halogens is 1. The van der Waals surface area contributed by atoms with Crippen molar-refractivity contribution in [1.29, 1.82) is 0 Å². The molecular formula is C14H23ClN3OS+. The summed E-state index contributed by atoms with van der Waals surface area (Å²) in [6.45, 7) is 2.54. The minimum atomic E-state index is 0.657. The van der Waals surface area contributed by atoms with Gasteiger partial charge in [-0.15, -0.1) is 0 Å². The Bertz CT molecular complexity index is 454. The fourth-order valence-corrected chi connectivity index (χ4v) is 2.11. The predicted molar refractivity (Wildman–Crippen MR) is 87.7 cm³/mol. The zero-order chi connectivity index (χ0) is 15.1. The van der Waals surface area contributed by atoms with Gasteiger partial charge in [0.05, 0.1) is 34.3 Å². The maximum absolute atomic E-state index is 6.03. The Morgan fingerprint density at radius 3 is 2.75 bits per heavy atom. The molecule has 0 aromatic heterocycles. The van der Waals surface area contributed by atoms with E-state index in [1.807, 2.05) is 30.1 Å². The summed E-state index contributed by atoms with van der Waals surface area (Å²) in [7, 11) is 7.85. The fourth-order valence-electron chi connectivity index (χ4n) is 1.75. The first-order valence-corrected chi connectivity index (χ1v) is 7.33. The van der Waals surface area contributed by atoms with Crippen molar-refractivity contribution in [2.24, 2.45) is 0 Å². The van der Waals surface area contributed by atoms with Gasteiger partial charge in [-0.25, -0.2) is 0 Å². The molecule has 0 atom stereocenters. The highest BCUT2D eigenvalue weighted by atomic mass is 35.5. The molecule has 0 saturated carbocycles. The molecule has 1 aromatic carbocycles. The van der Waals surface area contributed by atoms with E-state index in [1.54, 1.807) is 7.11 Å². The third-order valence-corrected chi connectivity index (χ3v) is 3.59. The first-order chi connectivity index (χ1) is 9.43. The lowest BCUT2D eigenvalue weighted by atomic mass is 10.2. The van der Waals surface area contributed by atoms with E-state index >= 15 is 0 Å². The van der Waals surface area contributed by atoms with E-state index in [0.717, 1.165) is 29.5 Å². The number of nitrogens with zero attached hydrogens (tertiary/aromatic N) is 1. The number of nitrogens with one attached hydrogen (secondary N) is 2. The smallest absolute Gasteiger partial charge is 0.169 e. The Morgan fingerprint density at radius 1 is 1.45 bits per heavy atom. The lowest BCUT2D eigenvalue weighted by Crippen LogP contribution is -3.06. The molecule has 0 heterocycles. The van der Waals surface area contributed by atoms with E-state index in [-0.39, 0.29) is 0 Å². The summed E-state index contributed by atoms with van der Waals surface area (Å²) < 4.78 is 5.34. The van der Waals surface area contributed by atoms with Crippen LogP contribution in [0.15, 0.2) is 18.2 Å². The summed E-state index contributed by atoms with van der Waals surface area (Å²) in [4.78, 5) is 3.37. The number of rotatable bonds is 6. The topological polar surface area (TPSA) is 28.9 Å². The van der Waals surface area contributed by atoms with Gasteiger partial charge in [-0.1, -0.05) is 11.6 Å². The van der Waals surface area contributed by atoms with E-state index < -0.39 is 0 Å². The molecule has 1 rings (SSSR count). The number of hydrogen-bond donors (Lipinski definition) is 2. The van der Waals surface area contributed by atoms with E-state index in [4.69, 9.17) is 28.6 Å². The van der Waals surface area contributed by atoms with Gasteiger partial charge in [0.1, 0.15) is 5.75 Å². The molecule has 0 fully saturated rings. The molecule has 0 aliphatic rings. The molecular weight excluding hydrogens is 294 g/mol. The number of quaternary nitrogens is 1. The van der Waals surface area contributed by atoms with Crippen molar-refractivity contribution in [3.05, 3.63) is 28.8 Å². The van der Waals surface area contributed by atoms with Crippen LogP contribution in [0.1, 0.15) is 5.56 Å². The van der Waals surface area contributed by atoms with Gasteiger partial charge < -0.3 is 19.9 Å². The zero-order valence-electron chi connectivity index (χ0n) is 12.5. The third kappa shape index (κ3) is 5.53. The second kappa shape index (κ2) is 8.29. The Labute approximate surface area is 131 Å². The molecule has 1 aromatic rings. The van der Waals surface area contributed by atoms with Gasteiger partial charge in [0, 0.05) is 24.2 Å². The minimum absolute atomic E-state index is 0.657. The molecule has 4 nitrogen and oxygen atoms in total. The molecule has 2 N–H and O–H groups in total. The Hall–Kier alpha value is -1.04. The van der Waals surface area contributed by atoms with Crippen LogP contribution < -0.4 is 15.0 Å². The van der Waals surface area contributed by atoms with Gasteiger partial charge in [0.15, 0.2) is 5.11 Å². The van der Waals surface area contributed by atoms with Crippen molar-refractivity contribution < 1.29 is 9.64 Å². The standard InChI is InChI=1S/C14H22ClN3OS/c1-17(2)8-7-16-14(20)18(3)10-11-9-12(15)5-6-13(11)19-4/h5-6,9H,7-8,10H2,1-4H3,(H,16,20)/p+1. The van der Waals surface area contributed by atoms with Crippen molar-refractivity contribution >= 4 is 28.9 Å². The van der Waals surface area contributed by atoms with Crippen molar-refractivity contribution in [1.82, 2.24) is 10.2 Å². The maximum atomic E-state index is 6.03. The van der Waals surface area contributed by atoms with Crippen LogP contribution in [0.2, 0.25) is 5.02 Å². The van der Waals surface area contributed by atoms with Crippen molar-refractivity contribution in [3.63, 3.8) is 0 Å². The fraction of sp³-hybridized carbons (Fsp3) is 0.500. The molecule has 112 valence electrons. The molecule has 20 heavy (non-hydrogen) atoms. The summed E-state index contributed by atoms with van der Waals surface area (Å²) in [6.07, 6.45) is 0. The van der Waals surface area contributed by atoms with Crippen molar-refractivity contribution in [3.8, 4) is 5.75 Å². The first-order valence-electron chi connectivity index (χ1n) is 6.54. The van der Waals surface area contributed by atoms with Crippen LogP contribution in [0.5, 0.6) is 5.75 Å². The normalized spacial score (nSPS) is 10.5. The maximum Gasteiger partial charge on any atom is 0.169 e. The number of methoxy groups -OCH3 is 1. The van der Waals surface area contributed by atoms with Gasteiger partial charge in [-0.3, -0.25) is 0 Å². The van der Waals surface area contributed by atoms with Gasteiger partial charge in [-0.2, -0.15) is 0 Å². The average Bonchev–Trinajstić information content (AvgIpc) is 2.38. The summed E-state index contributed by atoms with van der Waals surface area (Å²) in [5.74, 6) is 0.821. The van der Waals surface area contributed by atoms with Crippen molar-refractivity contribution in [2.75, 3.05) is 41.3 Å². The van der Waals surface area contributed by atoms with Crippen LogP contribution in [0.3, 0.4) is 0 Å². The first kappa shape index (κ1) is 17.0. The second-order valence-corrected chi connectivity index (χ2v) is 5.82. The number of benzene rings is 1. The minimum Gasteiger partial charge on any atom is -0.496 e. The molecule has 0 bridgehead atoms. The van der Waals surface area contributed by atoms with Gasteiger partial charge >= 0.3 is 0 Å². The molecule has 0 saturated heterocycles. The Balaban J connectivity index is 2.58. The summed E-state index contributed by atoms with van der Waals surface area (Å²) in [5, 5.41) is 4.68. The summed E-state index contributed by atoms with van der Waals surface area (Å²) >= 11 is 11.4. The van der Waals surface area contributed by atoms with Crippen LogP contribution in [-0.4, -0.2) is 51.4 Å². The highest BCUT2D eigenvalue weighted by molar-refractivity contribution is 7.80. The Morgan fingerprint density at radius 2 is 2.15 bits per heavy atom. The van der Waals surface area contributed by atoms with Crippen molar-refractivity contribution in [2.45, 2.75) is 6.54 Å². The van der Waals surface area contributed by atoms with E-state index in [1.165, 1.54) is 4.90 Å². The highest BCUT2D eigenvalue weighted by Crippen LogP contribution is 2.23. The SMILES string of the molecule is COc1ccc(Cl)cc1CN(C)C(=S)NCC[NH+](C)C. The molecule has 6 heteroatoms.